The molecule has 3 heterocycles. The summed E-state index contributed by atoms with van der Waals surface area (Å²) in [5.41, 5.74) is 1.02. The highest BCUT2D eigenvalue weighted by molar-refractivity contribution is 8.93. The Balaban J connectivity index is 0.000001000. The topological polar surface area (TPSA) is 32.3 Å². The molecule has 0 bridgehead atoms. The minimum atomic E-state index is 0. The maximum absolute atomic E-state index is 4.67. The van der Waals surface area contributed by atoms with Crippen LogP contribution in [0.3, 0.4) is 0 Å². The molecule has 0 spiro atoms. The van der Waals surface area contributed by atoms with E-state index in [4.69, 9.17) is 0 Å². The molecular formula is C13H20Br2N4S. The van der Waals surface area contributed by atoms with E-state index in [1.807, 2.05) is 18.5 Å². The van der Waals surface area contributed by atoms with Gasteiger partial charge < -0.3 is 4.90 Å². The minimum absolute atomic E-state index is 0. The normalized spacial score (nSPS) is 15.8. The molecule has 112 valence electrons. The second-order valence-corrected chi connectivity index (χ2v) is 5.68. The Kier molecular flexibility index (Phi) is 7.36. The van der Waals surface area contributed by atoms with E-state index < -0.39 is 0 Å². The third-order valence-electron chi connectivity index (χ3n) is 3.36. The third kappa shape index (κ3) is 3.90. The first kappa shape index (κ1) is 17.8. The van der Waals surface area contributed by atoms with Crippen LogP contribution in [0.5, 0.6) is 0 Å². The molecule has 0 radical (unpaired) electrons. The summed E-state index contributed by atoms with van der Waals surface area (Å²) in [6.45, 7) is 7.95. The third-order valence-corrected chi connectivity index (χ3v) is 4.46. The molecule has 2 aromatic heterocycles. The molecule has 0 atom stereocenters. The molecule has 4 nitrogen and oxygen atoms in total. The molecule has 7 heteroatoms. The van der Waals surface area contributed by atoms with Crippen LogP contribution in [0.2, 0.25) is 0 Å². The summed E-state index contributed by atoms with van der Waals surface area (Å²) in [5.74, 6) is 0. The maximum Gasteiger partial charge on any atom is 0.186 e. The van der Waals surface area contributed by atoms with E-state index in [1.54, 1.807) is 11.3 Å². The second kappa shape index (κ2) is 8.26. The van der Waals surface area contributed by atoms with Crippen LogP contribution in [0.15, 0.2) is 18.5 Å². The van der Waals surface area contributed by atoms with Gasteiger partial charge in [-0.05, 0) is 19.0 Å². The summed E-state index contributed by atoms with van der Waals surface area (Å²) >= 11 is 1.77. The van der Waals surface area contributed by atoms with Crippen molar-refractivity contribution < 1.29 is 0 Å². The predicted molar refractivity (Wildman–Crippen MR) is 97.0 cm³/mol. The van der Waals surface area contributed by atoms with Crippen LogP contribution in [-0.2, 0) is 0 Å². The van der Waals surface area contributed by atoms with Crippen LogP contribution in [-0.4, -0.2) is 47.6 Å². The minimum Gasteiger partial charge on any atom is -0.345 e. The van der Waals surface area contributed by atoms with Gasteiger partial charge in [0.1, 0.15) is 5.52 Å². The van der Waals surface area contributed by atoms with E-state index in [1.165, 1.54) is 17.7 Å². The van der Waals surface area contributed by atoms with Gasteiger partial charge in [-0.1, -0.05) is 18.3 Å². The Hall–Kier alpha value is -0.240. The van der Waals surface area contributed by atoms with E-state index in [0.717, 1.165) is 36.8 Å². The van der Waals surface area contributed by atoms with E-state index in [0.29, 0.717) is 0 Å². The van der Waals surface area contributed by atoms with Crippen LogP contribution in [0.1, 0.15) is 13.3 Å². The number of piperazine rings is 1. The van der Waals surface area contributed by atoms with Crippen molar-refractivity contribution >= 4 is 60.6 Å². The van der Waals surface area contributed by atoms with Crippen LogP contribution in [0, 0.1) is 0 Å². The highest BCUT2D eigenvalue weighted by atomic mass is 79.9. The maximum atomic E-state index is 4.67. The van der Waals surface area contributed by atoms with Gasteiger partial charge in [-0.25, -0.2) is 4.98 Å². The van der Waals surface area contributed by atoms with E-state index in [9.17, 15) is 0 Å². The van der Waals surface area contributed by atoms with Gasteiger partial charge in [-0.2, -0.15) is 0 Å². The number of rotatable bonds is 3. The van der Waals surface area contributed by atoms with Gasteiger partial charge in [0, 0.05) is 32.4 Å². The summed E-state index contributed by atoms with van der Waals surface area (Å²) in [6.07, 6.45) is 4.93. The molecule has 0 saturated carbocycles. The number of anilines is 1. The van der Waals surface area contributed by atoms with Gasteiger partial charge in [0.15, 0.2) is 5.13 Å². The molecule has 1 fully saturated rings. The molecule has 20 heavy (non-hydrogen) atoms. The number of halogens is 2. The lowest BCUT2D eigenvalue weighted by atomic mass is 10.3. The first-order chi connectivity index (χ1) is 8.86. The van der Waals surface area contributed by atoms with Crippen molar-refractivity contribution in [3.8, 4) is 0 Å². The fraction of sp³-hybridized carbons (Fsp3) is 0.538. The summed E-state index contributed by atoms with van der Waals surface area (Å²) in [7, 11) is 0. The van der Waals surface area contributed by atoms with Gasteiger partial charge in [0.25, 0.3) is 0 Å². The number of thiazole rings is 1. The average Bonchev–Trinajstić information content (AvgIpc) is 2.84. The molecule has 0 unspecified atom stereocenters. The number of fused-ring (bicyclic) bond motifs is 1. The number of pyridine rings is 1. The molecule has 1 aliphatic rings. The zero-order chi connectivity index (χ0) is 12.4. The molecule has 3 rings (SSSR count). The number of hydrogen-bond donors (Lipinski definition) is 0. The molecular weight excluding hydrogens is 404 g/mol. The standard InChI is InChI=1S/C13H18N4S.2BrH/c1-2-5-16-6-8-17(9-7-16)13-15-11-10-14-4-3-12(11)18-13;;/h3-4,10H,2,5-9H2,1H3;2*1H. The number of nitrogens with zero attached hydrogens (tertiary/aromatic N) is 4. The Morgan fingerprint density at radius 3 is 2.60 bits per heavy atom. The lowest BCUT2D eigenvalue weighted by Crippen LogP contribution is -2.46. The molecule has 1 aliphatic heterocycles. The Morgan fingerprint density at radius 2 is 1.95 bits per heavy atom. The first-order valence-corrected chi connectivity index (χ1v) is 7.36. The predicted octanol–water partition coefficient (Wildman–Crippen LogP) is 3.38. The van der Waals surface area contributed by atoms with Gasteiger partial charge in [0.05, 0.1) is 10.9 Å². The zero-order valence-corrected chi connectivity index (χ0v) is 15.7. The van der Waals surface area contributed by atoms with E-state index >= 15 is 0 Å². The largest absolute Gasteiger partial charge is 0.345 e. The van der Waals surface area contributed by atoms with Crippen molar-refractivity contribution in [1.29, 1.82) is 0 Å². The lowest BCUT2D eigenvalue weighted by Gasteiger charge is -2.34. The quantitative estimate of drug-likeness (QED) is 0.757. The summed E-state index contributed by atoms with van der Waals surface area (Å²) in [6, 6.07) is 2.05. The second-order valence-electron chi connectivity index (χ2n) is 4.67. The van der Waals surface area contributed by atoms with Gasteiger partial charge in [-0.3, -0.25) is 9.88 Å². The molecule has 2 aromatic rings. The smallest absolute Gasteiger partial charge is 0.186 e. The fourth-order valence-electron chi connectivity index (χ4n) is 2.38. The number of hydrogen-bond acceptors (Lipinski definition) is 5. The van der Waals surface area contributed by atoms with Crippen molar-refractivity contribution in [3.63, 3.8) is 0 Å². The molecule has 0 N–H and O–H groups in total. The first-order valence-electron chi connectivity index (χ1n) is 6.54. The Morgan fingerprint density at radius 1 is 1.20 bits per heavy atom. The van der Waals surface area contributed by atoms with Crippen LogP contribution < -0.4 is 4.90 Å². The molecule has 0 aromatic carbocycles. The van der Waals surface area contributed by atoms with E-state index in [-0.39, 0.29) is 34.0 Å². The van der Waals surface area contributed by atoms with Crippen molar-refractivity contribution in [3.05, 3.63) is 18.5 Å². The summed E-state index contributed by atoms with van der Waals surface area (Å²) in [5, 5.41) is 1.15. The van der Waals surface area contributed by atoms with Crippen molar-refractivity contribution in [2.45, 2.75) is 13.3 Å². The van der Waals surface area contributed by atoms with Crippen molar-refractivity contribution in [2.24, 2.45) is 0 Å². The van der Waals surface area contributed by atoms with Gasteiger partial charge in [0.2, 0.25) is 0 Å². The SMILES string of the molecule is Br.Br.CCCN1CCN(c2nc3cnccc3s2)CC1. The highest BCUT2D eigenvalue weighted by Crippen LogP contribution is 2.28. The van der Waals surface area contributed by atoms with Crippen LogP contribution in [0.4, 0.5) is 5.13 Å². The van der Waals surface area contributed by atoms with Crippen molar-refractivity contribution in [2.75, 3.05) is 37.6 Å². The fourth-order valence-corrected chi connectivity index (χ4v) is 3.37. The Labute approximate surface area is 144 Å². The van der Waals surface area contributed by atoms with Crippen LogP contribution in [0.25, 0.3) is 10.2 Å². The van der Waals surface area contributed by atoms with Gasteiger partial charge in [-0.15, -0.1) is 34.0 Å². The van der Waals surface area contributed by atoms with Gasteiger partial charge >= 0.3 is 0 Å². The molecule has 1 saturated heterocycles. The van der Waals surface area contributed by atoms with E-state index in [2.05, 4.69) is 26.7 Å². The summed E-state index contributed by atoms with van der Waals surface area (Å²) in [4.78, 5) is 13.7. The van der Waals surface area contributed by atoms with Crippen LogP contribution >= 0.6 is 45.3 Å². The Bertz CT molecular complexity index is 493. The molecule has 0 aliphatic carbocycles. The number of aromatic nitrogens is 2. The molecule has 0 amide bonds. The zero-order valence-electron chi connectivity index (χ0n) is 11.5. The highest BCUT2D eigenvalue weighted by Gasteiger charge is 2.18. The average molecular weight is 424 g/mol. The van der Waals surface area contributed by atoms with Crippen molar-refractivity contribution in [1.82, 2.24) is 14.9 Å². The monoisotopic (exact) mass is 422 g/mol. The lowest BCUT2D eigenvalue weighted by molar-refractivity contribution is 0.258. The summed E-state index contributed by atoms with van der Waals surface area (Å²) < 4.78 is 1.23.